The van der Waals surface area contributed by atoms with E-state index in [1.165, 1.54) is 16.8 Å². The molecule has 32 heavy (non-hydrogen) atoms. The molecule has 0 aliphatic carbocycles. The summed E-state index contributed by atoms with van der Waals surface area (Å²) in [5.74, 6) is -0.213. The minimum atomic E-state index is -0.236. The Bertz CT molecular complexity index is 1190. The number of aromatic nitrogens is 2. The van der Waals surface area contributed by atoms with Crippen LogP contribution in [0.25, 0.3) is 0 Å². The second kappa shape index (κ2) is 9.88. The Morgan fingerprint density at radius 1 is 0.750 bits per heavy atom. The highest BCUT2D eigenvalue weighted by atomic mass is 16.2. The number of amides is 1. The first-order chi connectivity index (χ1) is 15.6. The van der Waals surface area contributed by atoms with E-state index in [0.29, 0.717) is 19.6 Å². The Balaban J connectivity index is 1.62. The van der Waals surface area contributed by atoms with Crippen molar-refractivity contribution >= 4 is 5.91 Å². The fourth-order valence-electron chi connectivity index (χ4n) is 3.51. The normalized spacial score (nSPS) is 10.7. The van der Waals surface area contributed by atoms with Crippen molar-refractivity contribution in [2.24, 2.45) is 0 Å². The summed E-state index contributed by atoms with van der Waals surface area (Å²) in [6.45, 7) is 3.24. The molecule has 0 saturated carbocycles. The molecule has 1 amide bonds. The maximum absolute atomic E-state index is 13.5. The summed E-state index contributed by atoms with van der Waals surface area (Å²) in [6.07, 6.45) is 0. The van der Waals surface area contributed by atoms with Crippen molar-refractivity contribution < 1.29 is 4.79 Å². The van der Waals surface area contributed by atoms with Gasteiger partial charge in [0.25, 0.3) is 11.5 Å². The first-order valence-electron chi connectivity index (χ1n) is 10.6. The van der Waals surface area contributed by atoms with Crippen molar-refractivity contribution in [3.63, 3.8) is 0 Å². The van der Waals surface area contributed by atoms with Crippen molar-refractivity contribution in [3.05, 3.63) is 135 Å². The molecule has 0 aliphatic heterocycles. The molecule has 0 saturated heterocycles. The van der Waals surface area contributed by atoms with Gasteiger partial charge in [-0.3, -0.25) is 9.59 Å². The summed E-state index contributed by atoms with van der Waals surface area (Å²) in [5.41, 5.74) is 4.19. The lowest BCUT2D eigenvalue weighted by Crippen LogP contribution is -2.33. The number of aryl methyl sites for hydroxylation is 1. The third kappa shape index (κ3) is 5.38. The van der Waals surface area contributed by atoms with Gasteiger partial charge in [-0.15, -0.1) is 0 Å². The summed E-state index contributed by atoms with van der Waals surface area (Å²) in [4.78, 5) is 27.6. The molecule has 4 rings (SSSR count). The molecule has 0 unspecified atom stereocenters. The van der Waals surface area contributed by atoms with Gasteiger partial charge in [0.2, 0.25) is 0 Å². The van der Waals surface area contributed by atoms with Gasteiger partial charge in [-0.2, -0.15) is 5.10 Å². The molecule has 0 radical (unpaired) electrons. The van der Waals surface area contributed by atoms with Gasteiger partial charge in [-0.05, 0) is 29.7 Å². The van der Waals surface area contributed by atoms with Crippen LogP contribution in [-0.2, 0) is 19.6 Å². The minimum absolute atomic E-state index is 0.213. The Morgan fingerprint density at radius 2 is 1.31 bits per heavy atom. The van der Waals surface area contributed by atoms with Crippen LogP contribution >= 0.6 is 0 Å². The first kappa shape index (κ1) is 21.2. The van der Waals surface area contributed by atoms with Gasteiger partial charge in [0, 0.05) is 19.2 Å². The maximum Gasteiger partial charge on any atom is 0.274 e. The summed E-state index contributed by atoms with van der Waals surface area (Å²) in [7, 11) is 0. The number of hydrogen-bond donors (Lipinski definition) is 0. The van der Waals surface area contributed by atoms with E-state index in [1.54, 1.807) is 4.90 Å². The highest BCUT2D eigenvalue weighted by molar-refractivity contribution is 5.92. The Kier molecular flexibility index (Phi) is 6.56. The monoisotopic (exact) mass is 423 g/mol. The smallest absolute Gasteiger partial charge is 0.274 e. The van der Waals surface area contributed by atoms with Crippen LogP contribution in [0.3, 0.4) is 0 Å². The van der Waals surface area contributed by atoms with Crippen LogP contribution in [0.15, 0.2) is 102 Å². The molecule has 4 aromatic rings. The van der Waals surface area contributed by atoms with Crippen LogP contribution in [0.4, 0.5) is 0 Å². The van der Waals surface area contributed by atoms with Gasteiger partial charge in [0.15, 0.2) is 0 Å². The summed E-state index contributed by atoms with van der Waals surface area (Å²) in [5, 5.41) is 4.41. The van der Waals surface area contributed by atoms with E-state index < -0.39 is 0 Å². The number of carbonyl (C=O) groups excluding carboxylic acids is 1. The molecular formula is C27H25N3O2. The highest BCUT2D eigenvalue weighted by Gasteiger charge is 2.19. The summed E-state index contributed by atoms with van der Waals surface area (Å²) in [6, 6.07) is 30.6. The average Bonchev–Trinajstić information content (AvgIpc) is 2.82. The minimum Gasteiger partial charge on any atom is -0.329 e. The molecule has 0 atom stereocenters. The molecule has 1 aromatic heterocycles. The van der Waals surface area contributed by atoms with E-state index in [-0.39, 0.29) is 17.2 Å². The van der Waals surface area contributed by atoms with Crippen LogP contribution in [0.2, 0.25) is 0 Å². The fraction of sp³-hybridized carbons (Fsp3) is 0.148. The number of rotatable bonds is 7. The third-order valence-electron chi connectivity index (χ3n) is 5.26. The molecule has 0 spiro atoms. The molecule has 5 heteroatoms. The maximum atomic E-state index is 13.5. The van der Waals surface area contributed by atoms with E-state index in [4.69, 9.17) is 0 Å². The molecule has 0 N–H and O–H groups in total. The third-order valence-corrected chi connectivity index (χ3v) is 5.26. The second-order valence-corrected chi connectivity index (χ2v) is 7.83. The van der Waals surface area contributed by atoms with Gasteiger partial charge in [-0.1, -0.05) is 90.5 Å². The summed E-state index contributed by atoms with van der Waals surface area (Å²) >= 11 is 0. The predicted octanol–water partition coefficient (Wildman–Crippen LogP) is 4.44. The van der Waals surface area contributed by atoms with Gasteiger partial charge in [-0.25, -0.2) is 4.68 Å². The molecule has 0 fully saturated rings. The predicted molar refractivity (Wildman–Crippen MR) is 125 cm³/mol. The fourth-order valence-corrected chi connectivity index (χ4v) is 3.51. The zero-order valence-corrected chi connectivity index (χ0v) is 18.0. The lowest BCUT2D eigenvalue weighted by Gasteiger charge is -2.23. The second-order valence-electron chi connectivity index (χ2n) is 7.83. The number of hydrogen-bond acceptors (Lipinski definition) is 3. The Hall–Kier alpha value is -3.99. The van der Waals surface area contributed by atoms with Gasteiger partial charge < -0.3 is 4.90 Å². The van der Waals surface area contributed by atoms with Crippen molar-refractivity contribution in [2.45, 2.75) is 26.6 Å². The van der Waals surface area contributed by atoms with Gasteiger partial charge >= 0.3 is 0 Å². The Morgan fingerprint density at radius 3 is 1.88 bits per heavy atom. The van der Waals surface area contributed by atoms with E-state index >= 15 is 0 Å². The highest BCUT2D eigenvalue weighted by Crippen LogP contribution is 2.13. The Labute approximate surface area is 187 Å². The molecule has 0 bridgehead atoms. The zero-order chi connectivity index (χ0) is 22.3. The number of benzene rings is 3. The van der Waals surface area contributed by atoms with E-state index in [1.807, 2.05) is 91.9 Å². The quantitative estimate of drug-likeness (QED) is 0.442. The molecule has 160 valence electrons. The van der Waals surface area contributed by atoms with Crippen LogP contribution in [0.1, 0.15) is 32.7 Å². The number of carbonyl (C=O) groups is 1. The van der Waals surface area contributed by atoms with Crippen LogP contribution in [-0.4, -0.2) is 20.6 Å². The largest absolute Gasteiger partial charge is 0.329 e. The van der Waals surface area contributed by atoms with E-state index in [0.717, 1.165) is 22.3 Å². The molecular weight excluding hydrogens is 398 g/mol. The lowest BCUT2D eigenvalue weighted by molar-refractivity contribution is 0.0721. The first-order valence-corrected chi connectivity index (χ1v) is 10.6. The van der Waals surface area contributed by atoms with E-state index in [2.05, 4.69) is 5.10 Å². The van der Waals surface area contributed by atoms with Crippen LogP contribution < -0.4 is 5.56 Å². The summed E-state index contributed by atoms with van der Waals surface area (Å²) < 4.78 is 1.35. The van der Waals surface area contributed by atoms with Crippen molar-refractivity contribution in [1.82, 2.24) is 14.7 Å². The van der Waals surface area contributed by atoms with Crippen molar-refractivity contribution in [3.8, 4) is 0 Å². The molecule has 5 nitrogen and oxygen atoms in total. The molecule has 1 heterocycles. The van der Waals surface area contributed by atoms with Crippen molar-refractivity contribution in [2.75, 3.05) is 0 Å². The van der Waals surface area contributed by atoms with Gasteiger partial charge in [0.05, 0.1) is 6.54 Å². The molecule has 0 aliphatic rings. The van der Waals surface area contributed by atoms with Gasteiger partial charge in [0.1, 0.15) is 5.69 Å². The zero-order valence-electron chi connectivity index (χ0n) is 18.0. The van der Waals surface area contributed by atoms with Crippen molar-refractivity contribution in [1.29, 1.82) is 0 Å². The number of nitrogens with zero attached hydrogens (tertiary/aromatic N) is 3. The van der Waals surface area contributed by atoms with E-state index in [9.17, 15) is 9.59 Å². The molecule has 3 aromatic carbocycles. The topological polar surface area (TPSA) is 55.2 Å². The average molecular weight is 424 g/mol. The SMILES string of the molecule is Cc1ccc(Cn2nc(C(=O)N(Cc3ccccc3)Cc3ccccc3)ccc2=O)cc1. The van der Waals surface area contributed by atoms with Crippen LogP contribution in [0.5, 0.6) is 0 Å². The standard InChI is InChI=1S/C27H25N3O2/c1-21-12-14-24(15-13-21)20-30-26(31)17-16-25(28-30)27(32)29(18-22-8-4-2-5-9-22)19-23-10-6-3-7-11-23/h2-17H,18-20H2,1H3. The van der Waals surface area contributed by atoms with Crippen LogP contribution in [0, 0.1) is 6.92 Å². The lowest BCUT2D eigenvalue weighted by atomic mass is 10.1.